The molecular weight excluding hydrogens is 426 g/mol. The molecule has 0 radical (unpaired) electrons. The van der Waals surface area contributed by atoms with Gasteiger partial charge >= 0.3 is 0 Å². The van der Waals surface area contributed by atoms with Gasteiger partial charge in [-0.1, -0.05) is 31.0 Å². The summed E-state index contributed by atoms with van der Waals surface area (Å²) in [6, 6.07) is 12.2. The molecule has 1 saturated carbocycles. The lowest BCUT2D eigenvalue weighted by atomic mass is 9.93. The highest BCUT2D eigenvalue weighted by Crippen LogP contribution is 2.35. The number of nitrogens with zero attached hydrogens (tertiary/aromatic N) is 4. The van der Waals surface area contributed by atoms with Gasteiger partial charge in [0.25, 0.3) is 0 Å². The monoisotopic (exact) mass is 465 g/mol. The van der Waals surface area contributed by atoms with Crippen molar-refractivity contribution in [2.75, 3.05) is 57.8 Å². The van der Waals surface area contributed by atoms with Crippen molar-refractivity contribution in [3.05, 3.63) is 42.1 Å². The first-order valence-electron chi connectivity index (χ1n) is 13.2. The lowest BCUT2D eigenvalue weighted by molar-refractivity contribution is -0.117. The number of anilines is 1. The van der Waals surface area contributed by atoms with E-state index in [4.69, 9.17) is 9.84 Å². The molecule has 2 aliphatic heterocycles. The van der Waals surface area contributed by atoms with Gasteiger partial charge in [-0.25, -0.2) is 4.68 Å². The highest BCUT2D eigenvalue weighted by molar-refractivity contribution is 5.91. The second-order valence-electron chi connectivity index (χ2n) is 10.2. The van der Waals surface area contributed by atoms with Crippen LogP contribution in [0, 0.1) is 5.92 Å². The molecule has 7 heteroatoms. The minimum Gasteiger partial charge on any atom is -0.379 e. The number of piperidine rings is 1. The van der Waals surface area contributed by atoms with E-state index in [1.165, 1.54) is 51.5 Å². The molecule has 0 bridgehead atoms. The lowest BCUT2D eigenvalue weighted by Gasteiger charge is -2.33. The zero-order valence-corrected chi connectivity index (χ0v) is 20.3. The molecule has 7 nitrogen and oxygen atoms in total. The average Bonchev–Trinajstić information content (AvgIpc) is 3.55. The quantitative estimate of drug-likeness (QED) is 0.641. The van der Waals surface area contributed by atoms with Crippen molar-refractivity contribution in [3.63, 3.8) is 0 Å². The minimum atomic E-state index is 0.0572. The van der Waals surface area contributed by atoms with Crippen LogP contribution in [0.25, 0.3) is 5.69 Å². The fraction of sp³-hybridized carbons (Fsp3) is 0.630. The maximum Gasteiger partial charge on any atom is 0.239 e. The summed E-state index contributed by atoms with van der Waals surface area (Å²) in [4.78, 5) is 17.8. The molecule has 0 unspecified atom stereocenters. The van der Waals surface area contributed by atoms with Gasteiger partial charge in [0.2, 0.25) is 5.91 Å². The smallest absolute Gasteiger partial charge is 0.239 e. The van der Waals surface area contributed by atoms with Crippen molar-refractivity contribution in [1.29, 1.82) is 0 Å². The van der Waals surface area contributed by atoms with Gasteiger partial charge in [-0.15, -0.1) is 0 Å². The van der Waals surface area contributed by atoms with Crippen molar-refractivity contribution in [3.8, 4) is 5.69 Å². The number of carbonyl (C=O) groups is 1. The number of hydrogen-bond donors (Lipinski definition) is 1. The van der Waals surface area contributed by atoms with Crippen LogP contribution in [0.3, 0.4) is 0 Å². The Bertz CT molecular complexity index is 910. The maximum atomic E-state index is 13.0. The van der Waals surface area contributed by atoms with Crippen LogP contribution in [0.1, 0.15) is 56.6 Å². The molecule has 1 aliphatic carbocycles. The molecule has 3 aliphatic rings. The summed E-state index contributed by atoms with van der Waals surface area (Å²) < 4.78 is 7.36. The first-order valence-corrected chi connectivity index (χ1v) is 13.2. The van der Waals surface area contributed by atoms with Gasteiger partial charge in [0.1, 0.15) is 5.82 Å². The topological polar surface area (TPSA) is 62.6 Å². The Balaban J connectivity index is 1.14. The van der Waals surface area contributed by atoms with Crippen LogP contribution in [0.2, 0.25) is 0 Å². The number of para-hydroxylation sites is 1. The fourth-order valence-corrected chi connectivity index (χ4v) is 5.68. The Morgan fingerprint density at radius 3 is 2.44 bits per heavy atom. The zero-order chi connectivity index (χ0) is 23.2. The third-order valence-corrected chi connectivity index (χ3v) is 7.80. The average molecular weight is 466 g/mol. The molecule has 1 N–H and O–H groups in total. The maximum absolute atomic E-state index is 13.0. The summed E-state index contributed by atoms with van der Waals surface area (Å²) in [5.41, 5.74) is 2.10. The van der Waals surface area contributed by atoms with Crippen molar-refractivity contribution < 1.29 is 9.53 Å². The van der Waals surface area contributed by atoms with Gasteiger partial charge in [0.15, 0.2) is 0 Å². The Hall–Kier alpha value is -2.22. The van der Waals surface area contributed by atoms with Crippen molar-refractivity contribution >= 4 is 11.7 Å². The van der Waals surface area contributed by atoms with E-state index in [0.29, 0.717) is 12.5 Å². The van der Waals surface area contributed by atoms with Gasteiger partial charge in [0, 0.05) is 25.1 Å². The summed E-state index contributed by atoms with van der Waals surface area (Å²) in [7, 11) is 0. The van der Waals surface area contributed by atoms with Crippen molar-refractivity contribution in [2.24, 2.45) is 5.92 Å². The van der Waals surface area contributed by atoms with Gasteiger partial charge in [0.05, 0.1) is 31.1 Å². The molecule has 1 aromatic carbocycles. The number of amides is 1. The second-order valence-corrected chi connectivity index (χ2v) is 10.2. The molecular formula is C27H39N5O2. The number of carbonyl (C=O) groups excluding carboxylic acids is 1. The van der Waals surface area contributed by atoms with Crippen LogP contribution in [-0.4, -0.2) is 78.0 Å². The third-order valence-electron chi connectivity index (χ3n) is 7.80. The lowest BCUT2D eigenvalue weighted by Crippen LogP contribution is -2.41. The highest BCUT2D eigenvalue weighted by atomic mass is 16.5. The number of aromatic nitrogens is 2. The van der Waals surface area contributed by atoms with E-state index >= 15 is 0 Å². The third kappa shape index (κ3) is 6.06. The van der Waals surface area contributed by atoms with Gasteiger partial charge in [-0.05, 0) is 69.8 Å². The number of hydrogen-bond acceptors (Lipinski definition) is 5. The van der Waals surface area contributed by atoms with Crippen LogP contribution in [0.15, 0.2) is 36.4 Å². The summed E-state index contributed by atoms with van der Waals surface area (Å²) in [5.74, 6) is 2.13. The first kappa shape index (κ1) is 23.5. The molecule has 1 aromatic heterocycles. The largest absolute Gasteiger partial charge is 0.379 e. The Labute approximate surface area is 203 Å². The van der Waals surface area contributed by atoms with E-state index in [-0.39, 0.29) is 5.91 Å². The van der Waals surface area contributed by atoms with E-state index in [2.05, 4.69) is 21.2 Å². The van der Waals surface area contributed by atoms with Crippen LogP contribution in [-0.2, 0) is 9.53 Å². The van der Waals surface area contributed by atoms with E-state index < -0.39 is 0 Å². The number of morpholine rings is 1. The molecule has 34 heavy (non-hydrogen) atoms. The predicted molar refractivity (Wildman–Crippen MR) is 134 cm³/mol. The number of nitrogens with one attached hydrogen (secondary N) is 1. The summed E-state index contributed by atoms with van der Waals surface area (Å²) in [6.07, 6.45) is 8.57. The van der Waals surface area contributed by atoms with E-state index in [1.807, 2.05) is 35.0 Å². The normalized spacial score (nSPS) is 21.2. The van der Waals surface area contributed by atoms with E-state index in [0.717, 1.165) is 62.5 Å². The minimum absolute atomic E-state index is 0.0572. The number of ether oxygens (including phenoxy) is 1. The first-order chi connectivity index (χ1) is 16.7. The molecule has 2 aromatic rings. The van der Waals surface area contributed by atoms with E-state index in [9.17, 15) is 4.79 Å². The second kappa shape index (κ2) is 11.5. The summed E-state index contributed by atoms with van der Waals surface area (Å²) in [5, 5.41) is 8.09. The van der Waals surface area contributed by atoms with Crippen molar-refractivity contribution in [2.45, 2.75) is 50.9 Å². The Morgan fingerprint density at radius 1 is 0.971 bits per heavy atom. The fourth-order valence-electron chi connectivity index (χ4n) is 5.68. The molecule has 0 spiro atoms. The number of benzene rings is 1. The van der Waals surface area contributed by atoms with Crippen LogP contribution >= 0.6 is 0 Å². The highest BCUT2D eigenvalue weighted by Gasteiger charge is 2.25. The van der Waals surface area contributed by atoms with Crippen LogP contribution in [0.5, 0.6) is 0 Å². The number of likely N-dealkylation sites (tertiary alicyclic amines) is 1. The van der Waals surface area contributed by atoms with Crippen molar-refractivity contribution in [1.82, 2.24) is 19.6 Å². The zero-order valence-electron chi connectivity index (χ0n) is 20.3. The standard InChI is InChI=1S/C27H39N5O2/c33-27(21-31-14-11-22(12-15-31)10-13-30-16-18-34-19-17-30)28-26-20-25(23-6-4-5-7-23)29-32(26)24-8-2-1-3-9-24/h1-3,8-9,20,22-23H,4-7,10-19,21H2,(H,28,33). The molecule has 3 fully saturated rings. The summed E-state index contributed by atoms with van der Waals surface area (Å²) in [6.45, 7) is 7.54. The SMILES string of the molecule is O=C(CN1CCC(CCN2CCOCC2)CC1)Nc1cc(C2CCCC2)nn1-c1ccccc1. The molecule has 0 atom stereocenters. The van der Waals surface area contributed by atoms with Crippen LogP contribution < -0.4 is 5.32 Å². The molecule has 184 valence electrons. The molecule has 5 rings (SSSR count). The van der Waals surface area contributed by atoms with Gasteiger partial charge < -0.3 is 10.1 Å². The van der Waals surface area contributed by atoms with E-state index in [1.54, 1.807) is 0 Å². The van der Waals surface area contributed by atoms with Gasteiger partial charge in [-0.3, -0.25) is 14.6 Å². The number of rotatable bonds is 8. The Kier molecular flexibility index (Phi) is 7.94. The molecule has 2 saturated heterocycles. The molecule has 1 amide bonds. The summed E-state index contributed by atoms with van der Waals surface area (Å²) >= 11 is 0. The van der Waals surface area contributed by atoms with Crippen LogP contribution in [0.4, 0.5) is 5.82 Å². The molecule has 3 heterocycles. The van der Waals surface area contributed by atoms with Gasteiger partial charge in [-0.2, -0.15) is 5.10 Å². The predicted octanol–water partition coefficient (Wildman–Crippen LogP) is 3.90. The Morgan fingerprint density at radius 2 is 1.71 bits per heavy atom.